The van der Waals surface area contributed by atoms with Crippen LogP contribution < -0.4 is 15.0 Å². The summed E-state index contributed by atoms with van der Waals surface area (Å²) in [5.41, 5.74) is 3.88. The number of nitrogens with one attached hydrogen (secondary N) is 1. The summed E-state index contributed by atoms with van der Waals surface area (Å²) in [7, 11) is 5.00. The van der Waals surface area contributed by atoms with Crippen molar-refractivity contribution in [3.05, 3.63) is 53.1 Å². The third-order valence-electron chi connectivity index (χ3n) is 6.07. The molecule has 3 atom stereocenters. The Morgan fingerprint density at radius 3 is 2.45 bits per heavy atom. The molecule has 1 unspecified atom stereocenters. The fourth-order valence-electron chi connectivity index (χ4n) is 3.95. The van der Waals surface area contributed by atoms with E-state index in [2.05, 4.69) is 38.2 Å². The zero-order chi connectivity index (χ0) is 23.1. The molecular weight excluding hydrogens is 392 g/mol. The molecule has 0 bridgehead atoms. The van der Waals surface area contributed by atoms with Gasteiger partial charge in [0, 0.05) is 33.7 Å². The number of amides is 1. The minimum absolute atomic E-state index is 0.0688. The number of nitrogens with zero attached hydrogens (tertiary/aromatic N) is 1. The van der Waals surface area contributed by atoms with E-state index in [1.807, 2.05) is 18.2 Å². The van der Waals surface area contributed by atoms with Gasteiger partial charge in [0.15, 0.2) is 0 Å². The van der Waals surface area contributed by atoms with Gasteiger partial charge in [-0.25, -0.2) is 0 Å². The first-order chi connectivity index (χ1) is 14.7. The molecule has 31 heavy (non-hydrogen) atoms. The molecule has 170 valence electrons. The summed E-state index contributed by atoms with van der Waals surface area (Å²) >= 11 is 0. The topological polar surface area (TPSA) is 71.0 Å². The average molecular weight is 429 g/mol. The third-order valence-corrected chi connectivity index (χ3v) is 6.07. The zero-order valence-electron chi connectivity index (χ0n) is 19.7. The molecular formula is C25H36N2O4. The number of ether oxygens (including phenoxy) is 2. The van der Waals surface area contributed by atoms with Crippen molar-refractivity contribution in [3.63, 3.8) is 0 Å². The first kappa shape index (κ1) is 24.7. The standard InChI is InChI=1S/C25H36N2O4/c1-8-22(17(3)21-11-10-20(30-6)13-16(21)2)26-15-25(31-7)19-9-12-24(29)23(14-19)27(5)18(4)28/h9-14,17,22,25-26,29H,8,15H2,1-7H3/t17?,22-,25+/m1/s1. The predicted octanol–water partition coefficient (Wildman–Crippen LogP) is 4.55. The summed E-state index contributed by atoms with van der Waals surface area (Å²) in [5.74, 6) is 1.11. The van der Waals surface area contributed by atoms with E-state index in [0.29, 0.717) is 18.2 Å². The molecule has 0 saturated heterocycles. The van der Waals surface area contributed by atoms with Crippen LogP contribution in [0.5, 0.6) is 11.5 Å². The van der Waals surface area contributed by atoms with E-state index in [0.717, 1.165) is 17.7 Å². The Morgan fingerprint density at radius 1 is 1.19 bits per heavy atom. The maximum absolute atomic E-state index is 11.7. The Bertz CT molecular complexity index is 884. The van der Waals surface area contributed by atoms with E-state index < -0.39 is 0 Å². The van der Waals surface area contributed by atoms with Crippen LogP contribution in [-0.4, -0.2) is 44.9 Å². The number of aryl methyl sites for hydroxylation is 1. The number of rotatable bonds is 10. The second-order valence-corrected chi connectivity index (χ2v) is 7.98. The maximum Gasteiger partial charge on any atom is 0.223 e. The minimum atomic E-state index is -0.210. The Hall–Kier alpha value is -2.57. The smallest absolute Gasteiger partial charge is 0.223 e. The second-order valence-electron chi connectivity index (χ2n) is 7.98. The summed E-state index contributed by atoms with van der Waals surface area (Å²) in [6, 6.07) is 11.7. The molecule has 0 aliphatic heterocycles. The normalized spacial score (nSPS) is 14.0. The van der Waals surface area contributed by atoms with Crippen molar-refractivity contribution in [1.29, 1.82) is 0 Å². The largest absolute Gasteiger partial charge is 0.506 e. The van der Waals surface area contributed by atoms with Gasteiger partial charge in [0.1, 0.15) is 11.5 Å². The number of hydrogen-bond acceptors (Lipinski definition) is 5. The van der Waals surface area contributed by atoms with Gasteiger partial charge in [0.25, 0.3) is 0 Å². The molecule has 0 heterocycles. The molecule has 6 nitrogen and oxygen atoms in total. The van der Waals surface area contributed by atoms with E-state index >= 15 is 0 Å². The van der Waals surface area contributed by atoms with Gasteiger partial charge in [-0.15, -0.1) is 0 Å². The van der Waals surface area contributed by atoms with Gasteiger partial charge >= 0.3 is 0 Å². The molecule has 0 radical (unpaired) electrons. The lowest BCUT2D eigenvalue weighted by molar-refractivity contribution is -0.116. The van der Waals surface area contributed by atoms with E-state index in [1.54, 1.807) is 27.3 Å². The number of carbonyl (C=O) groups excluding carboxylic acids is 1. The highest BCUT2D eigenvalue weighted by Gasteiger charge is 2.22. The Balaban J connectivity index is 2.16. The van der Waals surface area contributed by atoms with Crippen LogP contribution in [0.4, 0.5) is 5.69 Å². The number of benzene rings is 2. The summed E-state index contributed by atoms with van der Waals surface area (Å²) in [6.45, 7) is 8.61. The van der Waals surface area contributed by atoms with E-state index in [1.165, 1.54) is 23.0 Å². The number of carbonyl (C=O) groups is 1. The van der Waals surface area contributed by atoms with Crippen LogP contribution in [-0.2, 0) is 9.53 Å². The van der Waals surface area contributed by atoms with Gasteiger partial charge in [-0.2, -0.15) is 0 Å². The number of anilines is 1. The van der Waals surface area contributed by atoms with Crippen molar-refractivity contribution in [2.24, 2.45) is 0 Å². The molecule has 0 aromatic heterocycles. The fourth-order valence-corrected chi connectivity index (χ4v) is 3.95. The number of aromatic hydroxyl groups is 1. The highest BCUT2D eigenvalue weighted by molar-refractivity contribution is 5.92. The molecule has 0 fully saturated rings. The first-order valence-electron chi connectivity index (χ1n) is 10.7. The highest BCUT2D eigenvalue weighted by atomic mass is 16.5. The Labute approximate surface area is 186 Å². The zero-order valence-corrected chi connectivity index (χ0v) is 19.7. The molecule has 1 amide bonds. The molecule has 0 spiro atoms. The minimum Gasteiger partial charge on any atom is -0.506 e. The van der Waals surface area contributed by atoms with Crippen molar-refractivity contribution < 1.29 is 19.4 Å². The van der Waals surface area contributed by atoms with Gasteiger partial charge in [-0.3, -0.25) is 4.79 Å². The summed E-state index contributed by atoms with van der Waals surface area (Å²) < 4.78 is 11.1. The van der Waals surface area contributed by atoms with Gasteiger partial charge < -0.3 is 24.8 Å². The van der Waals surface area contributed by atoms with Crippen molar-refractivity contribution in [2.45, 2.75) is 52.2 Å². The SMILES string of the molecule is CC[C@@H](NC[C@H](OC)c1ccc(O)c(N(C)C(C)=O)c1)C(C)c1ccc(OC)cc1C. The molecule has 2 rings (SSSR count). The van der Waals surface area contributed by atoms with Crippen molar-refractivity contribution in [3.8, 4) is 11.5 Å². The summed E-state index contributed by atoms with van der Waals surface area (Å²) in [6.07, 6.45) is 0.759. The van der Waals surface area contributed by atoms with E-state index in [-0.39, 0.29) is 23.8 Å². The summed E-state index contributed by atoms with van der Waals surface area (Å²) in [4.78, 5) is 13.2. The lowest BCUT2D eigenvalue weighted by Crippen LogP contribution is -2.36. The van der Waals surface area contributed by atoms with Gasteiger partial charge in [-0.05, 0) is 60.2 Å². The number of phenolic OH excluding ortho intramolecular Hbond substituents is 1. The molecule has 0 aliphatic carbocycles. The molecule has 2 aromatic carbocycles. The monoisotopic (exact) mass is 428 g/mol. The van der Waals surface area contributed by atoms with E-state index in [9.17, 15) is 9.90 Å². The quantitative estimate of drug-likeness (QED) is 0.581. The van der Waals surface area contributed by atoms with Crippen LogP contribution in [0.3, 0.4) is 0 Å². The molecule has 0 saturated carbocycles. The van der Waals surface area contributed by atoms with Crippen LogP contribution in [0.15, 0.2) is 36.4 Å². The summed E-state index contributed by atoms with van der Waals surface area (Å²) in [5, 5.41) is 13.8. The van der Waals surface area contributed by atoms with Crippen LogP contribution in [0.2, 0.25) is 0 Å². The number of hydrogen-bond donors (Lipinski definition) is 2. The number of phenols is 1. The fraction of sp³-hybridized carbons (Fsp3) is 0.480. The highest BCUT2D eigenvalue weighted by Crippen LogP contribution is 2.32. The Kier molecular flexibility index (Phi) is 8.89. The van der Waals surface area contributed by atoms with Gasteiger partial charge in [-0.1, -0.05) is 26.0 Å². The van der Waals surface area contributed by atoms with Crippen molar-refractivity contribution in [1.82, 2.24) is 5.32 Å². The van der Waals surface area contributed by atoms with Crippen LogP contribution >= 0.6 is 0 Å². The molecule has 6 heteroatoms. The van der Waals surface area contributed by atoms with Crippen LogP contribution in [0.25, 0.3) is 0 Å². The Morgan fingerprint density at radius 2 is 1.90 bits per heavy atom. The average Bonchev–Trinajstić information content (AvgIpc) is 2.76. The lowest BCUT2D eigenvalue weighted by Gasteiger charge is -2.28. The maximum atomic E-state index is 11.7. The second kappa shape index (κ2) is 11.2. The van der Waals surface area contributed by atoms with Gasteiger partial charge in [0.2, 0.25) is 5.91 Å². The lowest BCUT2D eigenvalue weighted by atomic mass is 9.88. The van der Waals surface area contributed by atoms with Gasteiger partial charge in [0.05, 0.1) is 18.9 Å². The van der Waals surface area contributed by atoms with Crippen molar-refractivity contribution in [2.75, 3.05) is 32.7 Å². The van der Waals surface area contributed by atoms with Crippen LogP contribution in [0.1, 0.15) is 55.9 Å². The van der Waals surface area contributed by atoms with E-state index in [4.69, 9.17) is 9.47 Å². The molecule has 2 N–H and O–H groups in total. The van der Waals surface area contributed by atoms with Crippen LogP contribution in [0, 0.1) is 6.92 Å². The number of methoxy groups -OCH3 is 2. The van der Waals surface area contributed by atoms with Crippen molar-refractivity contribution >= 4 is 11.6 Å². The first-order valence-corrected chi connectivity index (χ1v) is 10.7. The molecule has 0 aliphatic rings. The predicted molar refractivity (Wildman–Crippen MR) is 125 cm³/mol. The third kappa shape index (κ3) is 5.99. The molecule has 2 aromatic rings.